The number of aromatic nitrogens is 6. The van der Waals surface area contributed by atoms with Crippen molar-refractivity contribution < 1.29 is 14.3 Å². The number of ketones is 1. The largest absolute Gasteiger partial charge is 0.378 e. The third-order valence-electron chi connectivity index (χ3n) is 6.71. The molecule has 0 spiro atoms. The summed E-state index contributed by atoms with van der Waals surface area (Å²) in [5, 5.41) is 0. The molecule has 2 aliphatic heterocycles. The number of carbonyl (C=O) groups is 2. The highest BCUT2D eigenvalue weighted by Gasteiger charge is 2.25. The molecule has 0 aromatic carbocycles. The Hall–Kier alpha value is -3.71. The Balaban J connectivity index is 1.34. The second kappa shape index (κ2) is 10.5. The van der Waals surface area contributed by atoms with Crippen molar-refractivity contribution in [3.8, 4) is 11.4 Å². The monoisotopic (exact) mass is 494 g/mol. The number of nitrogen functional groups attached to an aromatic ring is 1. The predicted molar refractivity (Wildman–Crippen MR) is 132 cm³/mol. The van der Waals surface area contributed by atoms with Crippen LogP contribution in [0.15, 0.2) is 18.7 Å². The number of anilines is 2. The molecule has 0 unspecified atom stereocenters. The number of fused-ring (bicyclic) bond motifs is 1. The van der Waals surface area contributed by atoms with Crippen LogP contribution in [0.2, 0.25) is 0 Å². The molecule has 0 atom stereocenters. The molecule has 13 heteroatoms. The SMILES string of the molecule is NC(=O)C1CCN(CC(=O)CCn2cnc3c(N4CCOCC4)nc(-c4cnc(N)nc4)nc32)CC1. The molecule has 5 heterocycles. The van der Waals surface area contributed by atoms with E-state index in [1.807, 2.05) is 4.57 Å². The summed E-state index contributed by atoms with van der Waals surface area (Å²) in [4.78, 5) is 50.6. The first-order valence-electron chi connectivity index (χ1n) is 12.1. The number of Topliss-reactive ketones (excluding diaryl/α,β-unsaturated/α-hetero) is 1. The topological polar surface area (TPSA) is 171 Å². The molecular formula is C23H30N10O3. The molecule has 36 heavy (non-hydrogen) atoms. The number of carbonyl (C=O) groups excluding carboxylic acids is 2. The Labute approximate surface area is 207 Å². The van der Waals surface area contributed by atoms with E-state index in [2.05, 4.69) is 24.8 Å². The second-order valence-corrected chi connectivity index (χ2v) is 9.15. The molecule has 190 valence electrons. The molecule has 1 amide bonds. The van der Waals surface area contributed by atoms with Crippen LogP contribution in [-0.4, -0.2) is 92.0 Å². The number of hydrogen-bond donors (Lipinski definition) is 2. The van der Waals surface area contributed by atoms with Crippen molar-refractivity contribution >= 4 is 34.6 Å². The van der Waals surface area contributed by atoms with Crippen LogP contribution in [0.4, 0.5) is 11.8 Å². The average molecular weight is 495 g/mol. The van der Waals surface area contributed by atoms with Crippen molar-refractivity contribution in [3.05, 3.63) is 18.7 Å². The first-order chi connectivity index (χ1) is 17.5. The minimum atomic E-state index is -0.253. The van der Waals surface area contributed by atoms with E-state index in [-0.39, 0.29) is 23.6 Å². The van der Waals surface area contributed by atoms with Gasteiger partial charge in [0, 0.05) is 44.4 Å². The summed E-state index contributed by atoms with van der Waals surface area (Å²) in [5.41, 5.74) is 13.0. The number of likely N-dealkylation sites (tertiary alicyclic amines) is 1. The van der Waals surface area contributed by atoms with Gasteiger partial charge in [-0.15, -0.1) is 0 Å². The summed E-state index contributed by atoms with van der Waals surface area (Å²) in [7, 11) is 0. The molecule has 2 aliphatic rings. The Kier molecular flexibility index (Phi) is 7.00. The van der Waals surface area contributed by atoms with E-state index in [4.69, 9.17) is 26.2 Å². The van der Waals surface area contributed by atoms with E-state index in [0.717, 1.165) is 5.82 Å². The Morgan fingerprint density at radius 2 is 1.75 bits per heavy atom. The number of piperidine rings is 1. The van der Waals surface area contributed by atoms with Crippen molar-refractivity contribution in [1.82, 2.24) is 34.4 Å². The van der Waals surface area contributed by atoms with Crippen LogP contribution in [0.1, 0.15) is 19.3 Å². The number of morpholine rings is 1. The fourth-order valence-corrected chi connectivity index (χ4v) is 4.62. The summed E-state index contributed by atoms with van der Waals surface area (Å²) in [6.07, 6.45) is 6.65. The lowest BCUT2D eigenvalue weighted by molar-refractivity contribution is -0.123. The molecule has 0 bridgehead atoms. The van der Waals surface area contributed by atoms with Gasteiger partial charge in [-0.2, -0.15) is 0 Å². The lowest BCUT2D eigenvalue weighted by Gasteiger charge is -2.29. The zero-order chi connectivity index (χ0) is 25.1. The van der Waals surface area contributed by atoms with Crippen LogP contribution in [-0.2, 0) is 20.9 Å². The number of amides is 1. The maximum absolute atomic E-state index is 12.7. The summed E-state index contributed by atoms with van der Waals surface area (Å²) >= 11 is 0. The third-order valence-corrected chi connectivity index (χ3v) is 6.71. The van der Waals surface area contributed by atoms with Gasteiger partial charge in [-0.1, -0.05) is 0 Å². The number of imidazole rings is 1. The number of rotatable bonds is 8. The van der Waals surface area contributed by atoms with Gasteiger partial charge in [-0.25, -0.2) is 24.9 Å². The Morgan fingerprint density at radius 3 is 2.44 bits per heavy atom. The van der Waals surface area contributed by atoms with Crippen molar-refractivity contribution in [1.29, 1.82) is 0 Å². The van der Waals surface area contributed by atoms with E-state index in [9.17, 15) is 9.59 Å². The maximum Gasteiger partial charge on any atom is 0.220 e. The van der Waals surface area contributed by atoms with E-state index >= 15 is 0 Å². The van der Waals surface area contributed by atoms with Gasteiger partial charge in [0.05, 0.1) is 31.6 Å². The molecule has 3 aromatic heterocycles. The fraction of sp³-hybridized carbons (Fsp3) is 0.522. The highest BCUT2D eigenvalue weighted by Crippen LogP contribution is 2.27. The zero-order valence-corrected chi connectivity index (χ0v) is 20.0. The Morgan fingerprint density at radius 1 is 1.03 bits per heavy atom. The normalized spacial score (nSPS) is 17.5. The molecule has 0 aliphatic carbocycles. The van der Waals surface area contributed by atoms with Gasteiger partial charge in [-0.3, -0.25) is 14.5 Å². The van der Waals surface area contributed by atoms with Crippen LogP contribution in [0.25, 0.3) is 22.6 Å². The van der Waals surface area contributed by atoms with E-state index in [0.29, 0.717) is 94.3 Å². The number of nitrogens with two attached hydrogens (primary N) is 2. The number of hydrogen-bond acceptors (Lipinski definition) is 11. The van der Waals surface area contributed by atoms with Crippen LogP contribution < -0.4 is 16.4 Å². The molecule has 3 aromatic rings. The number of nitrogens with zero attached hydrogens (tertiary/aromatic N) is 8. The van der Waals surface area contributed by atoms with Gasteiger partial charge >= 0.3 is 0 Å². The quantitative estimate of drug-likeness (QED) is 0.427. The fourth-order valence-electron chi connectivity index (χ4n) is 4.62. The minimum absolute atomic E-state index is 0.0883. The smallest absolute Gasteiger partial charge is 0.220 e. The molecule has 4 N–H and O–H groups in total. The first-order valence-corrected chi connectivity index (χ1v) is 12.1. The molecule has 2 saturated heterocycles. The molecule has 2 fully saturated rings. The summed E-state index contributed by atoms with van der Waals surface area (Å²) < 4.78 is 7.39. The van der Waals surface area contributed by atoms with Gasteiger partial charge in [0.15, 0.2) is 22.8 Å². The summed E-state index contributed by atoms with van der Waals surface area (Å²) in [6.45, 7) is 4.83. The highest BCUT2D eigenvalue weighted by atomic mass is 16.5. The van der Waals surface area contributed by atoms with Crippen molar-refractivity contribution in [2.24, 2.45) is 11.7 Å². The zero-order valence-electron chi connectivity index (χ0n) is 20.0. The standard InChI is InChI=1S/C23H30N10O3/c24-19(35)15-1-4-31(5-2-15)13-17(34)3-6-33-14-28-18-21(32-7-9-36-10-8-32)29-20(30-22(18)33)16-11-26-23(25)27-12-16/h11-12,14-15H,1-10,13H2,(H2,24,35)(H2,25,26,27). The lowest BCUT2D eigenvalue weighted by atomic mass is 9.96. The highest BCUT2D eigenvalue weighted by molar-refractivity contribution is 5.86. The van der Waals surface area contributed by atoms with E-state index < -0.39 is 0 Å². The molecular weight excluding hydrogens is 464 g/mol. The number of aryl methyl sites for hydroxylation is 1. The van der Waals surface area contributed by atoms with Gasteiger partial charge in [0.2, 0.25) is 11.9 Å². The van der Waals surface area contributed by atoms with Gasteiger partial charge in [-0.05, 0) is 25.9 Å². The number of ether oxygens (including phenoxy) is 1. The average Bonchev–Trinajstić information content (AvgIpc) is 3.31. The van der Waals surface area contributed by atoms with Gasteiger partial charge in [0.25, 0.3) is 0 Å². The van der Waals surface area contributed by atoms with Crippen molar-refractivity contribution in [3.63, 3.8) is 0 Å². The van der Waals surface area contributed by atoms with Crippen LogP contribution in [0, 0.1) is 5.92 Å². The maximum atomic E-state index is 12.7. The van der Waals surface area contributed by atoms with E-state index in [1.54, 1.807) is 18.7 Å². The molecule has 0 saturated carbocycles. The van der Waals surface area contributed by atoms with E-state index in [1.165, 1.54) is 0 Å². The first kappa shape index (κ1) is 24.0. The summed E-state index contributed by atoms with van der Waals surface area (Å²) in [5.74, 6) is 1.15. The van der Waals surface area contributed by atoms with Crippen LogP contribution in [0.3, 0.4) is 0 Å². The van der Waals surface area contributed by atoms with Crippen LogP contribution in [0.5, 0.6) is 0 Å². The van der Waals surface area contributed by atoms with Gasteiger partial charge < -0.3 is 25.7 Å². The third kappa shape index (κ3) is 5.26. The Bertz CT molecular complexity index is 1230. The van der Waals surface area contributed by atoms with Crippen LogP contribution >= 0.6 is 0 Å². The lowest BCUT2D eigenvalue weighted by Crippen LogP contribution is -2.40. The summed E-state index contributed by atoms with van der Waals surface area (Å²) in [6, 6.07) is 0. The molecule has 13 nitrogen and oxygen atoms in total. The van der Waals surface area contributed by atoms with Crippen molar-refractivity contribution in [2.75, 3.05) is 56.6 Å². The molecule has 5 rings (SSSR count). The predicted octanol–water partition coefficient (Wildman–Crippen LogP) is -0.141. The number of primary amides is 1. The minimum Gasteiger partial charge on any atom is -0.378 e. The van der Waals surface area contributed by atoms with Gasteiger partial charge in [0.1, 0.15) is 5.78 Å². The second-order valence-electron chi connectivity index (χ2n) is 9.15. The van der Waals surface area contributed by atoms with Crippen molar-refractivity contribution in [2.45, 2.75) is 25.8 Å². The molecule has 0 radical (unpaired) electrons.